The average Bonchev–Trinajstić information content (AvgIpc) is 2.25. The highest BCUT2D eigenvalue weighted by molar-refractivity contribution is 9.10. The van der Waals surface area contributed by atoms with Crippen LogP contribution in [0.4, 0.5) is 11.6 Å². The monoisotopic (exact) mass is 263 g/mol. The zero-order valence-electron chi connectivity index (χ0n) is 8.24. The molecule has 0 aliphatic carbocycles. The number of hydrogen-bond donors (Lipinski definition) is 1. The molecular formula is C11H10BrN3. The minimum absolute atomic E-state index is 0.613. The summed E-state index contributed by atoms with van der Waals surface area (Å²) in [5.41, 5.74) is 1.91. The highest BCUT2D eigenvalue weighted by atomic mass is 79.9. The molecule has 0 saturated carbocycles. The average molecular weight is 264 g/mol. The minimum atomic E-state index is 0.613. The molecule has 0 amide bonds. The fraction of sp³-hybridized carbons (Fsp3) is 0.0909. The summed E-state index contributed by atoms with van der Waals surface area (Å²) >= 11 is 3.36. The third-order valence-electron chi connectivity index (χ3n) is 1.95. The molecule has 2 aromatic rings. The van der Waals surface area contributed by atoms with E-state index in [1.54, 1.807) is 6.20 Å². The molecule has 0 aliphatic rings. The van der Waals surface area contributed by atoms with E-state index in [2.05, 4.69) is 31.2 Å². The van der Waals surface area contributed by atoms with Crippen LogP contribution in [-0.2, 0) is 0 Å². The van der Waals surface area contributed by atoms with Crippen molar-refractivity contribution in [1.29, 1.82) is 0 Å². The fourth-order valence-corrected chi connectivity index (χ4v) is 1.35. The number of rotatable bonds is 2. The normalized spacial score (nSPS) is 10.0. The van der Waals surface area contributed by atoms with Crippen LogP contribution >= 0.6 is 15.9 Å². The second-order valence-electron chi connectivity index (χ2n) is 3.12. The molecule has 1 aromatic heterocycles. The Morgan fingerprint density at radius 2 is 1.93 bits per heavy atom. The second-order valence-corrected chi connectivity index (χ2v) is 3.97. The third-order valence-corrected chi connectivity index (χ3v) is 2.73. The van der Waals surface area contributed by atoms with E-state index in [1.807, 2.05) is 37.3 Å². The molecule has 1 aromatic carbocycles. The van der Waals surface area contributed by atoms with Gasteiger partial charge < -0.3 is 5.32 Å². The van der Waals surface area contributed by atoms with E-state index in [1.165, 1.54) is 0 Å². The van der Waals surface area contributed by atoms with Gasteiger partial charge in [0.05, 0.1) is 10.2 Å². The SMILES string of the molecule is Cc1nc(Nc2ccccc2)ncc1Br. The molecule has 0 aliphatic heterocycles. The predicted octanol–water partition coefficient (Wildman–Crippen LogP) is 3.29. The summed E-state index contributed by atoms with van der Waals surface area (Å²) in [6.45, 7) is 1.93. The Bertz CT molecular complexity index is 457. The number of halogens is 1. The van der Waals surface area contributed by atoms with Gasteiger partial charge in [-0.05, 0) is 35.0 Å². The Morgan fingerprint density at radius 3 is 2.60 bits per heavy atom. The summed E-state index contributed by atoms with van der Waals surface area (Å²) < 4.78 is 0.918. The standard InChI is InChI=1S/C11H10BrN3/c1-8-10(12)7-13-11(14-8)15-9-5-3-2-4-6-9/h2-7H,1H3,(H,13,14,15). The van der Waals surface area contributed by atoms with Crippen molar-refractivity contribution in [2.24, 2.45) is 0 Å². The van der Waals surface area contributed by atoms with E-state index in [9.17, 15) is 0 Å². The Balaban J connectivity index is 2.22. The maximum Gasteiger partial charge on any atom is 0.227 e. The molecule has 0 spiro atoms. The van der Waals surface area contributed by atoms with Crippen LogP contribution in [0.1, 0.15) is 5.69 Å². The molecule has 76 valence electrons. The molecule has 0 bridgehead atoms. The van der Waals surface area contributed by atoms with Crippen LogP contribution in [0.15, 0.2) is 41.0 Å². The van der Waals surface area contributed by atoms with Crippen LogP contribution < -0.4 is 5.32 Å². The molecule has 4 heteroatoms. The van der Waals surface area contributed by atoms with Gasteiger partial charge >= 0.3 is 0 Å². The lowest BCUT2D eigenvalue weighted by Gasteiger charge is -2.05. The van der Waals surface area contributed by atoms with E-state index in [4.69, 9.17) is 0 Å². The molecule has 0 atom stereocenters. The maximum absolute atomic E-state index is 4.30. The molecule has 0 unspecified atom stereocenters. The number of hydrogen-bond acceptors (Lipinski definition) is 3. The summed E-state index contributed by atoms with van der Waals surface area (Å²) in [5, 5.41) is 3.13. The Labute approximate surface area is 96.7 Å². The Kier molecular flexibility index (Phi) is 2.97. The number of para-hydroxylation sites is 1. The lowest BCUT2D eigenvalue weighted by Crippen LogP contribution is -1.98. The zero-order chi connectivity index (χ0) is 10.7. The Hall–Kier alpha value is -1.42. The number of benzene rings is 1. The van der Waals surface area contributed by atoms with Gasteiger partial charge in [0.15, 0.2) is 0 Å². The van der Waals surface area contributed by atoms with Crippen molar-refractivity contribution >= 4 is 27.6 Å². The molecule has 0 radical (unpaired) electrons. The van der Waals surface area contributed by atoms with Crippen molar-refractivity contribution in [1.82, 2.24) is 9.97 Å². The first-order chi connectivity index (χ1) is 7.25. The zero-order valence-corrected chi connectivity index (χ0v) is 9.82. The van der Waals surface area contributed by atoms with Crippen molar-refractivity contribution in [3.8, 4) is 0 Å². The van der Waals surface area contributed by atoms with Gasteiger partial charge in [-0.1, -0.05) is 18.2 Å². The van der Waals surface area contributed by atoms with Crippen LogP contribution in [0, 0.1) is 6.92 Å². The highest BCUT2D eigenvalue weighted by Gasteiger charge is 2.00. The molecular weight excluding hydrogens is 254 g/mol. The molecule has 2 rings (SSSR count). The fourth-order valence-electron chi connectivity index (χ4n) is 1.16. The second kappa shape index (κ2) is 4.40. The van der Waals surface area contributed by atoms with Crippen molar-refractivity contribution in [2.75, 3.05) is 5.32 Å². The van der Waals surface area contributed by atoms with Gasteiger partial charge in [-0.2, -0.15) is 0 Å². The van der Waals surface area contributed by atoms with Gasteiger partial charge in [-0.3, -0.25) is 0 Å². The topological polar surface area (TPSA) is 37.8 Å². The quantitative estimate of drug-likeness (QED) is 0.904. The lowest BCUT2D eigenvalue weighted by molar-refractivity contribution is 1.09. The van der Waals surface area contributed by atoms with Crippen LogP contribution in [0.2, 0.25) is 0 Å². The van der Waals surface area contributed by atoms with Gasteiger partial charge in [0.2, 0.25) is 5.95 Å². The van der Waals surface area contributed by atoms with Gasteiger partial charge in [0.25, 0.3) is 0 Å². The largest absolute Gasteiger partial charge is 0.324 e. The third kappa shape index (κ3) is 2.53. The van der Waals surface area contributed by atoms with E-state index in [0.717, 1.165) is 15.9 Å². The molecule has 1 heterocycles. The first-order valence-corrected chi connectivity index (χ1v) is 5.36. The van der Waals surface area contributed by atoms with Crippen LogP contribution in [0.5, 0.6) is 0 Å². The Morgan fingerprint density at radius 1 is 1.20 bits per heavy atom. The first kappa shape index (κ1) is 10.1. The van der Waals surface area contributed by atoms with E-state index >= 15 is 0 Å². The van der Waals surface area contributed by atoms with Gasteiger partial charge in [-0.25, -0.2) is 9.97 Å². The van der Waals surface area contributed by atoms with Gasteiger partial charge in [-0.15, -0.1) is 0 Å². The lowest BCUT2D eigenvalue weighted by atomic mass is 10.3. The van der Waals surface area contributed by atoms with E-state index in [0.29, 0.717) is 5.95 Å². The van der Waals surface area contributed by atoms with Gasteiger partial charge in [0, 0.05) is 11.9 Å². The van der Waals surface area contributed by atoms with Crippen molar-refractivity contribution in [2.45, 2.75) is 6.92 Å². The maximum atomic E-state index is 4.30. The molecule has 3 nitrogen and oxygen atoms in total. The number of anilines is 2. The highest BCUT2D eigenvalue weighted by Crippen LogP contribution is 2.16. The van der Waals surface area contributed by atoms with Crippen molar-refractivity contribution < 1.29 is 0 Å². The summed E-state index contributed by atoms with van der Waals surface area (Å²) in [5.74, 6) is 0.613. The minimum Gasteiger partial charge on any atom is -0.324 e. The number of aromatic nitrogens is 2. The van der Waals surface area contributed by atoms with Crippen LogP contribution in [-0.4, -0.2) is 9.97 Å². The summed E-state index contributed by atoms with van der Waals surface area (Å²) in [4.78, 5) is 8.46. The van der Waals surface area contributed by atoms with Crippen LogP contribution in [0.25, 0.3) is 0 Å². The summed E-state index contributed by atoms with van der Waals surface area (Å²) in [6, 6.07) is 9.85. The number of nitrogens with one attached hydrogen (secondary N) is 1. The summed E-state index contributed by atoms with van der Waals surface area (Å²) in [7, 11) is 0. The van der Waals surface area contributed by atoms with Gasteiger partial charge in [0.1, 0.15) is 0 Å². The molecule has 1 N–H and O–H groups in total. The smallest absolute Gasteiger partial charge is 0.227 e. The van der Waals surface area contributed by atoms with Crippen LogP contribution in [0.3, 0.4) is 0 Å². The van der Waals surface area contributed by atoms with Crippen molar-refractivity contribution in [3.63, 3.8) is 0 Å². The molecule has 0 saturated heterocycles. The van der Waals surface area contributed by atoms with E-state index < -0.39 is 0 Å². The predicted molar refractivity (Wildman–Crippen MR) is 64.2 cm³/mol. The first-order valence-electron chi connectivity index (χ1n) is 4.57. The molecule has 0 fully saturated rings. The number of aryl methyl sites for hydroxylation is 1. The number of nitrogens with zero attached hydrogens (tertiary/aromatic N) is 2. The molecule has 15 heavy (non-hydrogen) atoms. The van der Waals surface area contributed by atoms with E-state index in [-0.39, 0.29) is 0 Å². The van der Waals surface area contributed by atoms with Crippen molar-refractivity contribution in [3.05, 3.63) is 46.7 Å². The summed E-state index contributed by atoms with van der Waals surface area (Å²) in [6.07, 6.45) is 1.74.